The number of carboxylic acid groups (broad SMARTS) is 1. The van der Waals surface area contributed by atoms with Gasteiger partial charge in [0.1, 0.15) is 0 Å². The van der Waals surface area contributed by atoms with Gasteiger partial charge in [0, 0.05) is 19.1 Å². The van der Waals surface area contributed by atoms with Gasteiger partial charge in [0.25, 0.3) is 0 Å². The van der Waals surface area contributed by atoms with Crippen molar-refractivity contribution in [3.05, 3.63) is 0 Å². The molecule has 3 N–H and O–H groups in total. The summed E-state index contributed by atoms with van der Waals surface area (Å²) in [5, 5.41) is 14.4. The van der Waals surface area contributed by atoms with Crippen molar-refractivity contribution >= 4 is 12.0 Å². The third-order valence-electron chi connectivity index (χ3n) is 3.56. The van der Waals surface area contributed by atoms with E-state index in [0.29, 0.717) is 12.5 Å². The Labute approximate surface area is 114 Å². The van der Waals surface area contributed by atoms with Crippen molar-refractivity contribution in [3.8, 4) is 0 Å². The van der Waals surface area contributed by atoms with Crippen LogP contribution in [-0.4, -0.2) is 54.7 Å². The number of rotatable bonds is 6. The maximum absolute atomic E-state index is 11.7. The molecule has 2 atom stereocenters. The molecule has 0 aromatic carbocycles. The Morgan fingerprint density at radius 1 is 1.42 bits per heavy atom. The zero-order valence-electron chi connectivity index (χ0n) is 12.0. The summed E-state index contributed by atoms with van der Waals surface area (Å²) < 4.78 is 0. The van der Waals surface area contributed by atoms with E-state index in [1.165, 1.54) is 0 Å². The summed E-state index contributed by atoms with van der Waals surface area (Å²) in [7, 11) is 2.07. The van der Waals surface area contributed by atoms with Gasteiger partial charge in [-0.1, -0.05) is 13.8 Å². The minimum Gasteiger partial charge on any atom is -0.481 e. The van der Waals surface area contributed by atoms with Crippen molar-refractivity contribution in [1.82, 2.24) is 15.5 Å². The van der Waals surface area contributed by atoms with Crippen molar-refractivity contribution < 1.29 is 14.7 Å². The second-order valence-electron chi connectivity index (χ2n) is 5.72. The van der Waals surface area contributed by atoms with E-state index < -0.39 is 5.97 Å². The summed E-state index contributed by atoms with van der Waals surface area (Å²) in [6.07, 6.45) is 1.05. The molecule has 0 aromatic heterocycles. The lowest BCUT2D eigenvalue weighted by Crippen LogP contribution is -2.46. The Bertz CT molecular complexity index is 320. The molecule has 2 unspecified atom stereocenters. The number of urea groups is 1. The summed E-state index contributed by atoms with van der Waals surface area (Å²) in [5.74, 6) is -0.302. The van der Waals surface area contributed by atoms with Gasteiger partial charge in [-0.2, -0.15) is 0 Å². The molecule has 1 fully saturated rings. The third kappa shape index (κ3) is 5.92. The highest BCUT2D eigenvalue weighted by Crippen LogP contribution is 2.12. The number of nitrogens with zero attached hydrogens (tertiary/aromatic N) is 1. The number of nitrogens with one attached hydrogen (secondary N) is 2. The second kappa shape index (κ2) is 7.33. The monoisotopic (exact) mass is 271 g/mol. The van der Waals surface area contributed by atoms with E-state index in [2.05, 4.69) is 22.6 Å². The largest absolute Gasteiger partial charge is 0.481 e. The van der Waals surface area contributed by atoms with E-state index in [4.69, 9.17) is 5.11 Å². The van der Waals surface area contributed by atoms with Gasteiger partial charge in [-0.15, -0.1) is 0 Å². The molecule has 0 bridgehead atoms. The first kappa shape index (κ1) is 15.8. The van der Waals surface area contributed by atoms with Crippen molar-refractivity contribution in [2.75, 3.05) is 26.7 Å². The summed E-state index contributed by atoms with van der Waals surface area (Å²) in [5.41, 5.74) is 0. The first-order valence-electron chi connectivity index (χ1n) is 6.83. The number of hydrogen-bond donors (Lipinski definition) is 3. The van der Waals surface area contributed by atoms with Gasteiger partial charge in [0.2, 0.25) is 0 Å². The molecule has 6 heteroatoms. The van der Waals surface area contributed by atoms with E-state index in [1.54, 1.807) is 0 Å². The maximum atomic E-state index is 11.7. The fraction of sp³-hybridized carbons (Fsp3) is 0.846. The minimum atomic E-state index is -0.892. The van der Waals surface area contributed by atoms with E-state index >= 15 is 0 Å². The minimum absolute atomic E-state index is 0.0444. The van der Waals surface area contributed by atoms with Crippen LogP contribution in [0.5, 0.6) is 0 Å². The van der Waals surface area contributed by atoms with Crippen molar-refractivity contribution in [3.63, 3.8) is 0 Å². The normalized spacial score (nSPS) is 21.4. The maximum Gasteiger partial charge on any atom is 0.315 e. The van der Waals surface area contributed by atoms with E-state index in [-0.39, 0.29) is 24.4 Å². The fourth-order valence-electron chi connectivity index (χ4n) is 2.29. The summed E-state index contributed by atoms with van der Waals surface area (Å²) in [6.45, 7) is 6.53. The number of amides is 2. The van der Waals surface area contributed by atoms with Crippen molar-refractivity contribution in [1.29, 1.82) is 0 Å². The van der Waals surface area contributed by atoms with E-state index in [0.717, 1.165) is 19.5 Å². The molecule has 110 valence electrons. The lowest BCUT2D eigenvalue weighted by atomic mass is 10.0. The Hall–Kier alpha value is -1.30. The van der Waals surface area contributed by atoms with Crippen molar-refractivity contribution in [2.24, 2.45) is 11.8 Å². The Morgan fingerprint density at radius 3 is 2.58 bits per heavy atom. The van der Waals surface area contributed by atoms with Gasteiger partial charge in [0.05, 0.1) is 6.42 Å². The summed E-state index contributed by atoms with van der Waals surface area (Å²) >= 11 is 0. The number of hydrogen-bond acceptors (Lipinski definition) is 3. The molecule has 1 aliphatic heterocycles. The first-order valence-corrected chi connectivity index (χ1v) is 6.83. The van der Waals surface area contributed by atoms with Crippen LogP contribution in [0.15, 0.2) is 0 Å². The predicted octanol–water partition coefficient (Wildman–Crippen LogP) is 0.737. The van der Waals surface area contributed by atoms with Crippen LogP contribution in [0.25, 0.3) is 0 Å². The number of carbonyl (C=O) groups excluding carboxylic acids is 1. The molecule has 0 spiro atoms. The molecule has 0 saturated carbocycles. The molecular formula is C13H25N3O3. The molecular weight excluding hydrogens is 246 g/mol. The molecule has 0 aliphatic carbocycles. The lowest BCUT2D eigenvalue weighted by Gasteiger charge is -2.21. The summed E-state index contributed by atoms with van der Waals surface area (Å²) in [6, 6.07) is -0.599. The van der Waals surface area contributed by atoms with Gasteiger partial charge in [-0.3, -0.25) is 4.79 Å². The molecule has 19 heavy (non-hydrogen) atoms. The van der Waals surface area contributed by atoms with Gasteiger partial charge < -0.3 is 20.6 Å². The molecule has 1 heterocycles. The number of carbonyl (C=O) groups is 2. The smallest absolute Gasteiger partial charge is 0.315 e. The highest BCUT2D eigenvalue weighted by atomic mass is 16.4. The van der Waals surface area contributed by atoms with Crippen LogP contribution >= 0.6 is 0 Å². The zero-order chi connectivity index (χ0) is 14.4. The van der Waals surface area contributed by atoms with Gasteiger partial charge >= 0.3 is 12.0 Å². The highest BCUT2D eigenvalue weighted by molar-refractivity contribution is 5.75. The quantitative estimate of drug-likeness (QED) is 0.665. The van der Waals surface area contributed by atoms with Gasteiger partial charge in [0.15, 0.2) is 0 Å². The van der Waals surface area contributed by atoms with Crippen LogP contribution in [0.1, 0.15) is 26.7 Å². The number of likely N-dealkylation sites (tertiary alicyclic amines) is 1. The second-order valence-corrected chi connectivity index (χ2v) is 5.72. The number of carboxylic acids is 1. The van der Waals surface area contributed by atoms with Crippen LogP contribution in [0.4, 0.5) is 4.79 Å². The predicted molar refractivity (Wildman–Crippen MR) is 73.0 cm³/mol. The van der Waals surface area contributed by atoms with Crippen LogP contribution in [0, 0.1) is 11.8 Å². The van der Waals surface area contributed by atoms with Crippen LogP contribution in [-0.2, 0) is 4.79 Å². The third-order valence-corrected chi connectivity index (χ3v) is 3.56. The van der Waals surface area contributed by atoms with Gasteiger partial charge in [-0.05, 0) is 31.8 Å². The standard InChI is InChI=1S/C13H25N3O3/c1-9(2)11(6-12(17)18)15-13(19)14-7-10-4-5-16(3)8-10/h9-11H,4-8H2,1-3H3,(H,17,18)(H2,14,15,19). The summed E-state index contributed by atoms with van der Waals surface area (Å²) in [4.78, 5) is 24.7. The molecule has 1 rings (SSSR count). The molecule has 6 nitrogen and oxygen atoms in total. The molecule has 0 aromatic rings. The van der Waals surface area contributed by atoms with E-state index in [9.17, 15) is 9.59 Å². The Morgan fingerprint density at radius 2 is 2.11 bits per heavy atom. The zero-order valence-corrected chi connectivity index (χ0v) is 12.0. The average Bonchev–Trinajstić information content (AvgIpc) is 2.71. The SMILES string of the molecule is CC(C)C(CC(=O)O)NC(=O)NCC1CCN(C)C1. The highest BCUT2D eigenvalue weighted by Gasteiger charge is 2.22. The molecule has 2 amide bonds. The van der Waals surface area contributed by atoms with Crippen LogP contribution in [0.3, 0.4) is 0 Å². The van der Waals surface area contributed by atoms with Crippen LogP contribution in [0.2, 0.25) is 0 Å². The molecule has 1 aliphatic rings. The molecule has 0 radical (unpaired) electrons. The fourth-order valence-corrected chi connectivity index (χ4v) is 2.29. The van der Waals surface area contributed by atoms with Gasteiger partial charge in [-0.25, -0.2) is 4.79 Å². The van der Waals surface area contributed by atoms with Crippen LogP contribution < -0.4 is 10.6 Å². The average molecular weight is 271 g/mol. The Kier molecular flexibility index (Phi) is 6.08. The number of aliphatic carboxylic acids is 1. The Balaban J connectivity index is 2.30. The van der Waals surface area contributed by atoms with Crippen molar-refractivity contribution in [2.45, 2.75) is 32.7 Å². The first-order chi connectivity index (χ1) is 8.88. The lowest BCUT2D eigenvalue weighted by molar-refractivity contribution is -0.137. The topological polar surface area (TPSA) is 81.7 Å². The van der Waals surface area contributed by atoms with E-state index in [1.807, 2.05) is 13.8 Å². The molecule has 1 saturated heterocycles.